The molecule has 0 saturated carbocycles. The smallest absolute Gasteiger partial charge is 0.255 e. The lowest BCUT2D eigenvalue weighted by molar-refractivity contribution is -0.131. The molecule has 6 nitrogen and oxygen atoms in total. The van der Waals surface area contributed by atoms with E-state index in [4.69, 9.17) is 5.73 Å². The second-order valence-corrected chi connectivity index (χ2v) is 7.02. The first-order valence-electron chi connectivity index (χ1n) is 9.14. The van der Waals surface area contributed by atoms with Crippen LogP contribution in [-0.4, -0.2) is 35.7 Å². The maximum absolute atomic E-state index is 12.8. The van der Waals surface area contributed by atoms with Gasteiger partial charge >= 0.3 is 0 Å². The quantitative estimate of drug-likeness (QED) is 0.852. The highest BCUT2D eigenvalue weighted by atomic mass is 16.2. The van der Waals surface area contributed by atoms with Crippen molar-refractivity contribution in [3.8, 4) is 0 Å². The molecule has 0 bridgehead atoms. The Hall–Kier alpha value is -2.89. The maximum atomic E-state index is 12.8. The van der Waals surface area contributed by atoms with Gasteiger partial charge in [0.15, 0.2) is 0 Å². The van der Waals surface area contributed by atoms with E-state index < -0.39 is 0 Å². The first-order valence-corrected chi connectivity index (χ1v) is 9.14. The number of carbonyl (C=O) groups is 3. The summed E-state index contributed by atoms with van der Waals surface area (Å²) in [5, 5.41) is 2.85. The summed E-state index contributed by atoms with van der Waals surface area (Å²) in [6.45, 7) is 3.02. The van der Waals surface area contributed by atoms with Gasteiger partial charge in [-0.1, -0.05) is 23.8 Å². The van der Waals surface area contributed by atoms with Crippen LogP contribution in [0.5, 0.6) is 0 Å². The molecule has 1 aliphatic heterocycles. The highest BCUT2D eigenvalue weighted by molar-refractivity contribution is 5.97. The summed E-state index contributed by atoms with van der Waals surface area (Å²) in [6, 6.07) is 7.32. The summed E-state index contributed by atoms with van der Waals surface area (Å²) < 4.78 is 0. The lowest BCUT2D eigenvalue weighted by Crippen LogP contribution is -2.42. The zero-order valence-electron chi connectivity index (χ0n) is 15.4. The van der Waals surface area contributed by atoms with E-state index in [0.717, 1.165) is 5.56 Å². The summed E-state index contributed by atoms with van der Waals surface area (Å²) in [7, 11) is 0. The molecule has 1 aromatic rings. The summed E-state index contributed by atoms with van der Waals surface area (Å²) in [4.78, 5) is 38.1. The Morgan fingerprint density at radius 1 is 1.11 bits per heavy atom. The predicted octanol–water partition coefficient (Wildman–Crippen LogP) is 1.87. The van der Waals surface area contributed by atoms with Crippen LogP contribution < -0.4 is 11.1 Å². The monoisotopic (exact) mass is 366 g/mol. The Labute approximate surface area is 159 Å². The number of primary amides is 1. The van der Waals surface area contributed by atoms with Crippen LogP contribution in [0.15, 0.2) is 47.7 Å². The number of likely N-dealkylation sites (tertiary alicyclic amines) is 1. The van der Waals surface area contributed by atoms with Crippen LogP contribution in [0.4, 0.5) is 0 Å². The lowest BCUT2D eigenvalue weighted by atomic mass is 9.94. The third-order valence-electron chi connectivity index (χ3n) is 5.00. The molecule has 2 aliphatic rings. The molecule has 6 heteroatoms. The number of nitrogens with one attached hydrogen (secondary N) is 1. The van der Waals surface area contributed by atoms with Gasteiger partial charge in [0.2, 0.25) is 11.8 Å². The van der Waals surface area contributed by atoms with Crippen molar-refractivity contribution in [2.75, 3.05) is 13.1 Å². The Bertz CT molecular complexity index is 800. The minimum absolute atomic E-state index is 0.0515. The summed E-state index contributed by atoms with van der Waals surface area (Å²) >= 11 is 0. The van der Waals surface area contributed by atoms with Crippen molar-refractivity contribution in [2.24, 2.45) is 11.7 Å². The van der Waals surface area contributed by atoms with Gasteiger partial charge in [-0.25, -0.2) is 0 Å². The van der Waals surface area contributed by atoms with Crippen LogP contribution in [0.3, 0.4) is 0 Å². The van der Waals surface area contributed by atoms with Crippen molar-refractivity contribution in [2.45, 2.75) is 26.2 Å². The number of amides is 3. The third kappa shape index (κ3) is 4.64. The van der Waals surface area contributed by atoms with E-state index in [0.29, 0.717) is 49.2 Å². The minimum Gasteiger partial charge on any atom is -0.369 e. The Morgan fingerprint density at radius 3 is 2.41 bits per heavy atom. The fourth-order valence-corrected chi connectivity index (χ4v) is 3.31. The number of hydrogen-bond acceptors (Lipinski definition) is 3. The number of nitrogens with zero attached hydrogens (tertiary/aromatic N) is 1. The van der Waals surface area contributed by atoms with Crippen LogP contribution in [0, 0.1) is 19.3 Å². The van der Waals surface area contributed by atoms with E-state index in [-0.39, 0.29) is 23.6 Å². The van der Waals surface area contributed by atoms with Crippen LogP contribution >= 0.6 is 0 Å². The third-order valence-corrected chi connectivity index (χ3v) is 5.00. The lowest BCUT2D eigenvalue weighted by Gasteiger charge is -2.31. The van der Waals surface area contributed by atoms with E-state index >= 15 is 0 Å². The second kappa shape index (κ2) is 8.20. The van der Waals surface area contributed by atoms with Crippen molar-refractivity contribution < 1.29 is 14.4 Å². The largest absolute Gasteiger partial charge is 0.369 e. The van der Waals surface area contributed by atoms with Crippen LogP contribution in [0.25, 0.3) is 0 Å². The molecule has 0 aromatic heterocycles. The molecule has 27 heavy (non-hydrogen) atoms. The molecule has 1 radical (unpaired) electrons. The van der Waals surface area contributed by atoms with Gasteiger partial charge in [-0.2, -0.15) is 0 Å². The van der Waals surface area contributed by atoms with E-state index in [9.17, 15) is 14.4 Å². The van der Waals surface area contributed by atoms with Gasteiger partial charge in [0, 0.05) is 35.8 Å². The molecule has 1 fully saturated rings. The zero-order valence-corrected chi connectivity index (χ0v) is 15.4. The number of benzene rings is 1. The standard InChI is InChI=1S/C21H24N3O3/c1-14-5-7-16(8-6-14)20(26)23-18-4-2-3-17(13-18)21(27)24-11-9-15(10-12-24)19(22)25/h2,4-8,13,15H,3,9-12H2,1H3,(H2,22,25)(H,23,26). The molecular formula is C21H24N3O3. The molecule has 0 atom stereocenters. The molecule has 3 N–H and O–H groups in total. The van der Waals surface area contributed by atoms with Crippen LogP contribution in [0.1, 0.15) is 35.2 Å². The molecule has 0 unspecified atom stereocenters. The van der Waals surface area contributed by atoms with Crippen molar-refractivity contribution in [3.05, 3.63) is 65.2 Å². The number of carbonyl (C=O) groups excluding carboxylic acids is 3. The first-order chi connectivity index (χ1) is 12.9. The fourth-order valence-electron chi connectivity index (χ4n) is 3.31. The zero-order chi connectivity index (χ0) is 19.4. The molecular weight excluding hydrogens is 342 g/mol. The van der Waals surface area contributed by atoms with E-state index in [1.54, 1.807) is 23.1 Å². The van der Waals surface area contributed by atoms with Gasteiger partial charge in [0.05, 0.1) is 0 Å². The van der Waals surface area contributed by atoms with E-state index in [2.05, 4.69) is 5.32 Å². The van der Waals surface area contributed by atoms with Gasteiger partial charge in [-0.15, -0.1) is 0 Å². The first kappa shape index (κ1) is 18.9. The molecule has 1 aromatic carbocycles. The van der Waals surface area contributed by atoms with Crippen molar-refractivity contribution >= 4 is 17.7 Å². The Morgan fingerprint density at radius 2 is 1.78 bits per heavy atom. The average Bonchev–Trinajstić information content (AvgIpc) is 2.68. The van der Waals surface area contributed by atoms with Crippen molar-refractivity contribution in [3.63, 3.8) is 0 Å². The summed E-state index contributed by atoms with van der Waals surface area (Å²) in [6.07, 6.45) is 7.14. The van der Waals surface area contributed by atoms with Gasteiger partial charge in [-0.3, -0.25) is 14.4 Å². The summed E-state index contributed by atoms with van der Waals surface area (Å²) in [5.41, 5.74) is 8.24. The molecule has 0 spiro atoms. The van der Waals surface area contributed by atoms with Crippen molar-refractivity contribution in [1.82, 2.24) is 10.2 Å². The topological polar surface area (TPSA) is 92.5 Å². The van der Waals surface area contributed by atoms with Gasteiger partial charge in [0.1, 0.15) is 0 Å². The average molecular weight is 366 g/mol. The predicted molar refractivity (Wildman–Crippen MR) is 102 cm³/mol. The number of rotatable bonds is 4. The Kier molecular flexibility index (Phi) is 5.74. The van der Waals surface area contributed by atoms with Gasteiger partial charge in [0.25, 0.3) is 5.91 Å². The molecule has 1 saturated heterocycles. The maximum Gasteiger partial charge on any atom is 0.255 e. The molecule has 1 aliphatic carbocycles. The molecule has 3 rings (SSSR count). The van der Waals surface area contributed by atoms with Crippen molar-refractivity contribution in [1.29, 1.82) is 0 Å². The minimum atomic E-state index is -0.295. The fraction of sp³-hybridized carbons (Fsp3) is 0.333. The van der Waals surface area contributed by atoms with Gasteiger partial charge in [-0.05, 0) is 50.8 Å². The molecule has 3 amide bonds. The number of nitrogens with two attached hydrogens (primary N) is 1. The second-order valence-electron chi connectivity index (χ2n) is 7.02. The number of piperidine rings is 1. The normalized spacial score (nSPS) is 17.7. The van der Waals surface area contributed by atoms with Crippen LogP contribution in [0.2, 0.25) is 0 Å². The van der Waals surface area contributed by atoms with Crippen LogP contribution in [-0.2, 0) is 9.59 Å². The van der Waals surface area contributed by atoms with E-state index in [1.165, 1.54) is 0 Å². The number of aryl methyl sites for hydroxylation is 1. The SMILES string of the molecule is Cc1ccc(C(=O)NC2=C[CH]CC(C(=O)N3CCC(C(N)=O)CC3)=C2)cc1. The number of hydrogen-bond donors (Lipinski definition) is 2. The molecule has 141 valence electrons. The number of allylic oxidation sites excluding steroid dienone is 2. The Balaban J connectivity index is 1.62. The van der Waals surface area contributed by atoms with E-state index in [1.807, 2.05) is 31.6 Å². The highest BCUT2D eigenvalue weighted by Gasteiger charge is 2.28. The molecule has 1 heterocycles. The summed E-state index contributed by atoms with van der Waals surface area (Å²) in [5.74, 6) is -0.701. The van der Waals surface area contributed by atoms with Gasteiger partial charge < -0.3 is 16.0 Å². The highest BCUT2D eigenvalue weighted by Crippen LogP contribution is 2.22.